The molecule has 0 spiro atoms. The second kappa shape index (κ2) is 25.4. The summed E-state index contributed by atoms with van der Waals surface area (Å²) >= 11 is 104. The van der Waals surface area contributed by atoms with Crippen molar-refractivity contribution in [2.75, 3.05) is 0 Å². The highest BCUT2D eigenvalue weighted by Gasteiger charge is 2.47. The van der Waals surface area contributed by atoms with E-state index in [9.17, 15) is 0 Å². The van der Waals surface area contributed by atoms with Gasteiger partial charge in [-0.3, -0.25) is 13.0 Å². The van der Waals surface area contributed by atoms with Crippen LogP contribution in [0.5, 0.6) is 0 Å². The second-order valence-electron chi connectivity index (χ2n) is 23.6. The predicted molar refractivity (Wildman–Crippen MR) is 416 cm³/mol. The van der Waals surface area contributed by atoms with Crippen molar-refractivity contribution in [1.29, 1.82) is 0 Å². The summed E-state index contributed by atoms with van der Waals surface area (Å²) in [5.74, 6) is 0. The van der Waals surface area contributed by atoms with Gasteiger partial charge in [0.15, 0.2) is 0 Å². The van der Waals surface area contributed by atoms with Crippen LogP contribution in [-0.4, -0.2) is 33.7 Å². The third-order valence-corrected chi connectivity index (χ3v) is 25.5. The average Bonchev–Trinajstić information content (AvgIpc) is 1.39. The first-order chi connectivity index (χ1) is 48.3. The van der Waals surface area contributed by atoms with Gasteiger partial charge in [0.2, 0.25) is 0 Å². The van der Waals surface area contributed by atoms with Crippen molar-refractivity contribution in [3.63, 3.8) is 0 Å². The fraction of sp³-hybridized carbons (Fsp3) is 0. The summed E-state index contributed by atoms with van der Waals surface area (Å²) in [6, 6.07) is 59.8. The maximum Gasteiger partial charge on any atom is 0.373 e. The van der Waals surface area contributed by atoms with Crippen molar-refractivity contribution < 1.29 is 4.57 Å². The minimum atomic E-state index is -4.76. The van der Waals surface area contributed by atoms with Crippen molar-refractivity contribution in [2.24, 2.45) is 4.99 Å². The minimum Gasteiger partial charge on any atom is -0.354 e. The molecule has 8 nitrogen and oxygen atoms in total. The first-order valence-corrected chi connectivity index (χ1v) is 37.4. The Bertz CT molecular complexity index is 6270. The molecule has 490 valence electrons. The highest BCUT2D eigenvalue weighted by Crippen LogP contribution is 2.61. The Hall–Kier alpha value is -7.12. The lowest BCUT2D eigenvalue weighted by Gasteiger charge is -2.37. The molecule has 1 unspecified atom stereocenters. The molecule has 0 radical (unpaired) electrons. The number of benzene rings is 7. The van der Waals surface area contributed by atoms with Gasteiger partial charge in [-0.2, -0.15) is 0 Å². The zero-order valence-corrected chi connectivity index (χ0v) is 62.1. The maximum atomic E-state index is 19.3. The average molecular weight is 1600 g/mol. The van der Waals surface area contributed by atoms with Crippen LogP contribution >= 0.6 is 170 Å². The van der Waals surface area contributed by atoms with Gasteiger partial charge in [-0.05, 0) is 170 Å². The van der Waals surface area contributed by atoms with Crippen molar-refractivity contribution in [2.45, 2.75) is 0 Å². The van der Waals surface area contributed by atoms with E-state index in [0.29, 0.717) is 206 Å². The lowest BCUT2D eigenvalue weighted by molar-refractivity contribution is 0.546. The van der Waals surface area contributed by atoms with E-state index in [4.69, 9.17) is 167 Å². The number of hydrogen-bond acceptors (Lipinski definition) is 2. The zero-order chi connectivity index (χ0) is 69.1. The normalized spacial score (nSPS) is 15.4. The Labute approximate surface area is 639 Å². The fourth-order valence-corrected chi connectivity index (χ4v) is 21.5. The number of fused-ring (bicyclic) bond motifs is 7. The van der Waals surface area contributed by atoms with Crippen LogP contribution in [-0.2, 0) is 4.57 Å². The molecule has 0 saturated heterocycles. The highest BCUT2D eigenvalue weighted by molar-refractivity contribution is 7.59. The monoisotopic (exact) mass is 1600 g/mol. The van der Waals surface area contributed by atoms with E-state index in [1.54, 1.807) is 127 Å². The molecule has 3 N–H and O–H groups in total. The number of nitrogens with one attached hydrogen (secondary N) is 3. The SMILES string of the molecule is O=P12n3c4ccc3C(c3c(Cl)cccc3Cl)=c3ccc(n31)=C(c1c(Cl)cccc1Cl)c1ccc(n12)C(c1c(Cl)cccc1Cl)=c1ccc([nH]1)=C(c1c(Cl)cccc1Cl)c1ccc([nH]1)C(c1c(Cl)cccc1Cl)=C1C=CC(=N1)C(c1c(Cl)cccc1Cl)=c1ccc([nH]1)=C4c1c(Cl)cccc1Cl. The number of rotatable bonds is 7. The van der Waals surface area contributed by atoms with Crippen LogP contribution in [0.15, 0.2) is 223 Å². The van der Waals surface area contributed by atoms with E-state index in [1.165, 1.54) is 0 Å². The summed E-state index contributed by atoms with van der Waals surface area (Å²) in [4.78, 5) is 16.8. The van der Waals surface area contributed by atoms with Gasteiger partial charge in [-0.15, -0.1) is 0 Å². The Morgan fingerprint density at radius 2 is 0.530 bits per heavy atom. The van der Waals surface area contributed by atoms with Gasteiger partial charge in [0, 0.05) is 111 Å². The largest absolute Gasteiger partial charge is 0.373 e. The topological polar surface area (TPSA) is 91.6 Å². The van der Waals surface area contributed by atoms with E-state index in [-0.39, 0.29) is 20.1 Å². The van der Waals surface area contributed by atoms with Gasteiger partial charge in [0.1, 0.15) is 0 Å². The molecule has 6 aromatic heterocycles. The lowest BCUT2D eigenvalue weighted by Crippen LogP contribution is -2.41. The molecule has 7 aromatic carbocycles. The number of aromatic amines is 3. The molecule has 100 heavy (non-hydrogen) atoms. The molecular formula is C77H38Cl14N7OP. The van der Waals surface area contributed by atoms with Crippen LogP contribution in [0.3, 0.4) is 0 Å². The number of aliphatic imine (C=N–C) groups is 1. The minimum absolute atomic E-state index is 0.260. The number of nitrogens with zero attached hydrogens (tertiary/aromatic N) is 4. The number of halogens is 14. The van der Waals surface area contributed by atoms with Gasteiger partial charge in [-0.25, -0.2) is 9.56 Å². The van der Waals surface area contributed by atoms with E-state index >= 15 is 4.57 Å². The second-order valence-corrected chi connectivity index (χ2v) is 31.6. The van der Waals surface area contributed by atoms with Crippen LogP contribution in [0.25, 0.3) is 39.0 Å². The molecule has 17 rings (SSSR count). The molecular weight excluding hydrogens is 1570 g/mol. The van der Waals surface area contributed by atoms with E-state index < -0.39 is 7.59 Å². The van der Waals surface area contributed by atoms with Crippen molar-refractivity contribution >= 4 is 215 Å². The molecule has 8 bridgehead atoms. The summed E-state index contributed by atoms with van der Waals surface area (Å²) in [5.41, 5.74) is 10.2. The molecule has 23 heteroatoms. The van der Waals surface area contributed by atoms with Gasteiger partial charge >= 0.3 is 7.59 Å². The van der Waals surface area contributed by atoms with Crippen LogP contribution in [0.1, 0.15) is 73.1 Å². The van der Waals surface area contributed by atoms with Crippen LogP contribution < -0.4 is 32.1 Å². The van der Waals surface area contributed by atoms with Crippen molar-refractivity contribution in [1.82, 2.24) is 28.0 Å². The third kappa shape index (κ3) is 10.2. The summed E-state index contributed by atoms with van der Waals surface area (Å²) in [5, 5.41) is 7.21. The zero-order valence-electron chi connectivity index (χ0n) is 50.6. The molecule has 4 aliphatic rings. The van der Waals surface area contributed by atoms with E-state index in [1.807, 2.05) is 98.0 Å². The Morgan fingerprint density at radius 3 is 0.880 bits per heavy atom. The lowest BCUT2D eigenvalue weighted by atomic mass is 10.00. The quantitative estimate of drug-likeness (QED) is 0.136. The summed E-state index contributed by atoms with van der Waals surface area (Å²) in [7, 11) is -4.76. The van der Waals surface area contributed by atoms with Gasteiger partial charge in [-0.1, -0.05) is 205 Å². The molecule has 10 heterocycles. The van der Waals surface area contributed by atoms with Gasteiger partial charge in [0.05, 0.1) is 115 Å². The molecule has 1 atom stereocenters. The van der Waals surface area contributed by atoms with Crippen molar-refractivity contribution in [3.05, 3.63) is 394 Å². The van der Waals surface area contributed by atoms with Crippen molar-refractivity contribution in [3.8, 4) is 0 Å². The maximum absolute atomic E-state index is 19.3. The van der Waals surface area contributed by atoms with Crippen LogP contribution in [0.2, 0.25) is 70.3 Å². The Balaban J connectivity index is 1.14. The molecule has 4 aliphatic heterocycles. The molecule has 13 aromatic rings. The third-order valence-electron chi connectivity index (χ3n) is 18.2. The first-order valence-electron chi connectivity index (χ1n) is 30.6. The smallest absolute Gasteiger partial charge is 0.354 e. The predicted octanol–water partition coefficient (Wildman–Crippen LogP) is 21.1. The first kappa shape index (κ1) is 66.1. The standard InChI is InChI=1S/C77H38Cl14N7OP/c78-36-8-1-9-37(79)64(36)71-50-22-24-52(92-50)72(65-38(80)10-2-11-39(65)81)54-26-28-56(94-54)74(67-42(84)14-4-15-43(67)85)58-30-32-60-76(69-46(88)18-6-19-47(69)89)62-34-35-63-77(70-48(90)20-7-21-49(70)91)61-33-31-59(97(61)100(99,96(58)60)98(62)63)75(68-44(86)16-5-17-45(68)87)57-29-27-55(95-57)73(53-25-23-51(71)93-53)66-40(82)12-3-13-41(66)83/h1-35,92,94-95H. The number of allylic oxidation sites excluding steroid dienone is 2. The van der Waals surface area contributed by atoms with E-state index in [0.717, 1.165) is 0 Å². The molecule has 0 saturated carbocycles. The van der Waals surface area contributed by atoms with Crippen LogP contribution in [0.4, 0.5) is 0 Å². The van der Waals surface area contributed by atoms with Crippen LogP contribution in [0, 0.1) is 0 Å². The Kier molecular flexibility index (Phi) is 16.8. The fourth-order valence-electron chi connectivity index (χ4n) is 14.2. The molecule has 0 fully saturated rings. The number of aromatic nitrogens is 6. The Morgan fingerprint density at radius 1 is 0.260 bits per heavy atom. The molecule has 0 aliphatic carbocycles. The summed E-state index contributed by atoms with van der Waals surface area (Å²) < 4.78 is 24.7. The van der Waals surface area contributed by atoms with E-state index in [2.05, 4.69) is 15.0 Å². The van der Waals surface area contributed by atoms with Gasteiger partial charge < -0.3 is 15.0 Å². The summed E-state index contributed by atoms with van der Waals surface area (Å²) in [6.07, 6.45) is 3.75. The number of hydrogen-bond donors (Lipinski definition) is 3. The highest BCUT2D eigenvalue weighted by atomic mass is 35.5. The number of H-pyrrole nitrogens is 3. The summed E-state index contributed by atoms with van der Waals surface area (Å²) in [6.45, 7) is 0. The van der Waals surface area contributed by atoms with Gasteiger partial charge in [0.25, 0.3) is 0 Å². The molecule has 0 amide bonds.